The van der Waals surface area contributed by atoms with Crippen LogP contribution in [0, 0.1) is 0 Å². The summed E-state index contributed by atoms with van der Waals surface area (Å²) in [6.07, 6.45) is 2.01. The van der Waals surface area contributed by atoms with Crippen molar-refractivity contribution in [2.75, 3.05) is 0 Å². The van der Waals surface area contributed by atoms with Gasteiger partial charge in [0.2, 0.25) is 0 Å². The molecule has 0 spiro atoms. The van der Waals surface area contributed by atoms with E-state index >= 15 is 0 Å². The van der Waals surface area contributed by atoms with Gasteiger partial charge in [0, 0.05) is 6.04 Å². The average molecular weight is 248 g/mol. The van der Waals surface area contributed by atoms with Gasteiger partial charge in [-0.05, 0) is 18.4 Å². The Morgan fingerprint density at radius 1 is 1.39 bits per heavy atom. The molecule has 0 aromatic heterocycles. The summed E-state index contributed by atoms with van der Waals surface area (Å²) in [7, 11) is 0. The number of oxime groups is 1. The number of urea groups is 1. The van der Waals surface area contributed by atoms with Crippen molar-refractivity contribution in [2.24, 2.45) is 10.9 Å². The van der Waals surface area contributed by atoms with E-state index in [0.29, 0.717) is 0 Å². The summed E-state index contributed by atoms with van der Waals surface area (Å²) >= 11 is 0. The molecular formula is C12H16N4O2. The van der Waals surface area contributed by atoms with Gasteiger partial charge in [0.25, 0.3) is 0 Å². The van der Waals surface area contributed by atoms with E-state index in [4.69, 9.17) is 10.9 Å². The lowest BCUT2D eigenvalue weighted by Gasteiger charge is -2.18. The summed E-state index contributed by atoms with van der Waals surface area (Å²) < 4.78 is 0. The first-order chi connectivity index (χ1) is 8.70. The molecule has 2 rings (SSSR count). The largest absolute Gasteiger partial charge is 0.409 e. The van der Waals surface area contributed by atoms with Crippen molar-refractivity contribution in [1.29, 1.82) is 0 Å². The van der Waals surface area contributed by atoms with Crippen LogP contribution >= 0.6 is 0 Å². The molecule has 1 aliphatic rings. The predicted molar refractivity (Wildman–Crippen MR) is 67.3 cm³/mol. The van der Waals surface area contributed by atoms with Crippen LogP contribution in [-0.4, -0.2) is 23.1 Å². The zero-order valence-corrected chi connectivity index (χ0v) is 9.84. The molecule has 6 heteroatoms. The lowest BCUT2D eigenvalue weighted by molar-refractivity contribution is 0.238. The first-order valence-corrected chi connectivity index (χ1v) is 5.80. The minimum Gasteiger partial charge on any atom is -0.409 e. The number of nitrogens with one attached hydrogen (secondary N) is 2. The van der Waals surface area contributed by atoms with Crippen molar-refractivity contribution in [3.8, 4) is 0 Å². The standard InChI is InChI=1S/C12H16N4O2/c13-11(16-18)10(8-4-2-1-3-5-8)15-12(17)14-9-6-7-9/h1-5,9-10,18H,6-7H2,(H2,13,16)(H2,14,15,17). The molecule has 5 N–H and O–H groups in total. The molecule has 0 bridgehead atoms. The van der Waals surface area contributed by atoms with E-state index < -0.39 is 6.04 Å². The number of hydrogen-bond acceptors (Lipinski definition) is 3. The van der Waals surface area contributed by atoms with Crippen LogP contribution in [0.15, 0.2) is 35.5 Å². The second-order valence-corrected chi connectivity index (χ2v) is 4.26. The third-order valence-electron chi connectivity index (χ3n) is 2.73. The van der Waals surface area contributed by atoms with Crippen LogP contribution in [0.25, 0.3) is 0 Å². The number of amides is 2. The molecule has 1 aromatic carbocycles. The average Bonchev–Trinajstić information content (AvgIpc) is 3.20. The smallest absolute Gasteiger partial charge is 0.315 e. The molecule has 1 aliphatic carbocycles. The number of nitrogens with zero attached hydrogens (tertiary/aromatic N) is 1. The van der Waals surface area contributed by atoms with Crippen molar-refractivity contribution < 1.29 is 10.0 Å². The second kappa shape index (κ2) is 5.39. The Morgan fingerprint density at radius 3 is 2.61 bits per heavy atom. The van der Waals surface area contributed by atoms with Crippen molar-refractivity contribution in [3.05, 3.63) is 35.9 Å². The van der Waals surface area contributed by atoms with E-state index in [0.717, 1.165) is 18.4 Å². The Kier molecular flexibility index (Phi) is 3.66. The molecule has 0 aliphatic heterocycles. The fourth-order valence-electron chi connectivity index (χ4n) is 1.62. The van der Waals surface area contributed by atoms with Gasteiger partial charge in [-0.3, -0.25) is 0 Å². The number of benzene rings is 1. The monoisotopic (exact) mass is 248 g/mol. The van der Waals surface area contributed by atoms with Crippen molar-refractivity contribution in [3.63, 3.8) is 0 Å². The quantitative estimate of drug-likeness (QED) is 0.276. The van der Waals surface area contributed by atoms with Crippen molar-refractivity contribution >= 4 is 11.9 Å². The summed E-state index contributed by atoms with van der Waals surface area (Å²) in [5.41, 5.74) is 6.36. The second-order valence-electron chi connectivity index (χ2n) is 4.26. The van der Waals surface area contributed by atoms with E-state index in [1.165, 1.54) is 0 Å². The molecule has 1 saturated carbocycles. The van der Waals surface area contributed by atoms with Gasteiger partial charge >= 0.3 is 6.03 Å². The van der Waals surface area contributed by atoms with Gasteiger partial charge in [-0.25, -0.2) is 4.79 Å². The molecule has 1 atom stereocenters. The van der Waals surface area contributed by atoms with E-state index in [2.05, 4.69) is 15.8 Å². The van der Waals surface area contributed by atoms with E-state index in [1.54, 1.807) is 12.1 Å². The van der Waals surface area contributed by atoms with Gasteiger partial charge in [-0.15, -0.1) is 0 Å². The Morgan fingerprint density at radius 2 is 2.06 bits per heavy atom. The van der Waals surface area contributed by atoms with Crippen LogP contribution in [0.1, 0.15) is 24.4 Å². The SMILES string of the molecule is NC(=NO)C(NC(=O)NC1CC1)c1ccccc1. The van der Waals surface area contributed by atoms with Crippen LogP contribution in [-0.2, 0) is 0 Å². The maximum absolute atomic E-state index is 11.7. The molecule has 6 nitrogen and oxygen atoms in total. The lowest BCUT2D eigenvalue weighted by Crippen LogP contribution is -2.43. The molecular weight excluding hydrogens is 232 g/mol. The summed E-state index contributed by atoms with van der Waals surface area (Å²) in [6, 6.07) is 8.44. The molecule has 18 heavy (non-hydrogen) atoms. The van der Waals surface area contributed by atoms with Crippen LogP contribution in [0.5, 0.6) is 0 Å². The summed E-state index contributed by atoms with van der Waals surface area (Å²) in [5, 5.41) is 17.2. The van der Waals surface area contributed by atoms with Crippen molar-refractivity contribution in [1.82, 2.24) is 10.6 Å². The topological polar surface area (TPSA) is 99.7 Å². The van der Waals surface area contributed by atoms with Gasteiger partial charge < -0.3 is 21.6 Å². The number of amidine groups is 1. The fourth-order valence-corrected chi connectivity index (χ4v) is 1.62. The maximum atomic E-state index is 11.7. The number of carbonyl (C=O) groups excluding carboxylic acids is 1. The predicted octanol–water partition coefficient (Wildman–Crippen LogP) is 0.936. The molecule has 2 amide bonds. The molecule has 1 unspecified atom stereocenters. The van der Waals surface area contributed by atoms with Crippen LogP contribution in [0.4, 0.5) is 4.79 Å². The highest BCUT2D eigenvalue weighted by Crippen LogP contribution is 2.19. The van der Waals surface area contributed by atoms with Crippen LogP contribution in [0.3, 0.4) is 0 Å². The van der Waals surface area contributed by atoms with E-state index in [-0.39, 0.29) is 17.9 Å². The van der Waals surface area contributed by atoms with Gasteiger partial charge in [-0.1, -0.05) is 35.5 Å². The zero-order valence-electron chi connectivity index (χ0n) is 9.84. The third-order valence-corrected chi connectivity index (χ3v) is 2.73. The van der Waals surface area contributed by atoms with Gasteiger partial charge in [-0.2, -0.15) is 0 Å². The first-order valence-electron chi connectivity index (χ1n) is 5.80. The van der Waals surface area contributed by atoms with E-state index in [1.807, 2.05) is 18.2 Å². The lowest BCUT2D eigenvalue weighted by atomic mass is 10.1. The van der Waals surface area contributed by atoms with Gasteiger partial charge in [0.15, 0.2) is 5.84 Å². The minimum atomic E-state index is -0.630. The summed E-state index contributed by atoms with van der Waals surface area (Å²) in [6.45, 7) is 0. The zero-order chi connectivity index (χ0) is 13.0. The van der Waals surface area contributed by atoms with E-state index in [9.17, 15) is 4.79 Å². The Labute approximate surface area is 105 Å². The molecule has 1 aromatic rings. The molecule has 96 valence electrons. The van der Waals surface area contributed by atoms with Crippen molar-refractivity contribution in [2.45, 2.75) is 24.9 Å². The Balaban J connectivity index is 2.07. The third kappa shape index (κ3) is 3.13. The molecule has 0 radical (unpaired) electrons. The fraction of sp³-hybridized carbons (Fsp3) is 0.333. The number of rotatable bonds is 4. The number of carbonyl (C=O) groups is 1. The molecule has 0 saturated heterocycles. The van der Waals surface area contributed by atoms with Gasteiger partial charge in [0.1, 0.15) is 6.04 Å². The summed E-state index contributed by atoms with van der Waals surface area (Å²) in [4.78, 5) is 11.7. The van der Waals surface area contributed by atoms with Crippen LogP contribution in [0.2, 0.25) is 0 Å². The number of hydrogen-bond donors (Lipinski definition) is 4. The maximum Gasteiger partial charge on any atom is 0.315 e. The first kappa shape index (κ1) is 12.2. The Bertz CT molecular complexity index is 443. The molecule has 1 fully saturated rings. The molecule has 0 heterocycles. The highest BCUT2D eigenvalue weighted by atomic mass is 16.4. The van der Waals surface area contributed by atoms with Crippen LogP contribution < -0.4 is 16.4 Å². The van der Waals surface area contributed by atoms with Gasteiger partial charge in [0.05, 0.1) is 0 Å². The normalized spacial score (nSPS) is 17.0. The summed E-state index contributed by atoms with van der Waals surface area (Å²) in [5.74, 6) is -0.0489. The minimum absolute atomic E-state index is 0.0489. The highest BCUT2D eigenvalue weighted by molar-refractivity contribution is 5.90. The highest BCUT2D eigenvalue weighted by Gasteiger charge is 2.25. The number of nitrogens with two attached hydrogens (primary N) is 1. The Hall–Kier alpha value is -2.24.